The highest BCUT2D eigenvalue weighted by atomic mass is 127. The van der Waals surface area contributed by atoms with Gasteiger partial charge in [0.15, 0.2) is 0 Å². The van der Waals surface area contributed by atoms with E-state index >= 15 is 0 Å². The summed E-state index contributed by atoms with van der Waals surface area (Å²) in [6.07, 6.45) is -3.94. The Bertz CT molecular complexity index is 346. The van der Waals surface area contributed by atoms with Crippen LogP contribution in [0, 0.1) is 0 Å². The number of hydrogen-bond donors (Lipinski definition) is 1. The zero-order valence-electron chi connectivity index (χ0n) is 8.24. The summed E-state index contributed by atoms with van der Waals surface area (Å²) in [7, 11) is -3.64. The van der Waals surface area contributed by atoms with Crippen LogP contribution in [-0.4, -0.2) is 41.9 Å². The number of piperidine rings is 1. The zero-order valence-corrected chi connectivity index (χ0v) is 11.2. The fourth-order valence-electron chi connectivity index (χ4n) is 1.64. The third-order valence-electron chi connectivity index (χ3n) is 2.44. The molecule has 1 heterocycles. The van der Waals surface area contributed by atoms with Crippen molar-refractivity contribution in [3.63, 3.8) is 0 Å². The lowest BCUT2D eigenvalue weighted by molar-refractivity contribution is -0.148. The van der Waals surface area contributed by atoms with E-state index in [1.54, 1.807) is 0 Å². The summed E-state index contributed by atoms with van der Waals surface area (Å²) in [5.74, 6) is 0. The Balaban J connectivity index is 2.60. The SMILES string of the molecule is NS(=O)(=O)C1CCN(CC(F)(F)F)C(I)C1. The maximum Gasteiger partial charge on any atom is 0.401 e. The second-order valence-corrected chi connectivity index (χ2v) is 7.04. The van der Waals surface area contributed by atoms with Gasteiger partial charge in [-0.3, -0.25) is 4.90 Å². The minimum absolute atomic E-state index is 0.105. The lowest BCUT2D eigenvalue weighted by Gasteiger charge is -2.35. The molecule has 2 N–H and O–H groups in total. The molecule has 2 atom stereocenters. The summed E-state index contributed by atoms with van der Waals surface area (Å²) in [4.78, 5) is 1.22. The average Bonchev–Trinajstić information content (AvgIpc) is 2.04. The molecule has 0 bridgehead atoms. The Kier molecular flexibility index (Phi) is 4.46. The second kappa shape index (κ2) is 4.94. The number of nitrogens with two attached hydrogens (primary N) is 1. The Morgan fingerprint density at radius 2 is 2.00 bits per heavy atom. The molecule has 0 aromatic heterocycles. The third-order valence-corrected chi connectivity index (χ3v) is 5.09. The van der Waals surface area contributed by atoms with E-state index in [2.05, 4.69) is 0 Å². The van der Waals surface area contributed by atoms with E-state index in [4.69, 9.17) is 5.14 Å². The van der Waals surface area contributed by atoms with Gasteiger partial charge in [0.05, 0.1) is 15.8 Å². The van der Waals surface area contributed by atoms with Gasteiger partial charge in [0.2, 0.25) is 10.0 Å². The predicted molar refractivity (Wildman–Crippen MR) is 61.6 cm³/mol. The van der Waals surface area contributed by atoms with Gasteiger partial charge in [0.1, 0.15) is 0 Å². The van der Waals surface area contributed by atoms with Gasteiger partial charge in [0.25, 0.3) is 0 Å². The van der Waals surface area contributed by atoms with Crippen LogP contribution in [0.4, 0.5) is 13.2 Å². The fourth-order valence-corrected chi connectivity index (χ4v) is 3.96. The minimum atomic E-state index is -4.25. The predicted octanol–water partition coefficient (Wildman–Crippen LogP) is 1.06. The molecule has 2 unspecified atom stereocenters. The first-order chi connectivity index (χ1) is 7.09. The van der Waals surface area contributed by atoms with Gasteiger partial charge in [-0.05, 0) is 12.8 Å². The monoisotopic (exact) mass is 372 g/mol. The van der Waals surface area contributed by atoms with Crippen LogP contribution < -0.4 is 5.14 Å². The van der Waals surface area contributed by atoms with Crippen LogP contribution in [0.15, 0.2) is 0 Å². The van der Waals surface area contributed by atoms with Crippen molar-refractivity contribution in [3.8, 4) is 0 Å². The first-order valence-corrected chi connectivity index (χ1v) is 7.41. The van der Waals surface area contributed by atoms with Gasteiger partial charge in [-0.2, -0.15) is 13.2 Å². The summed E-state index contributed by atoms with van der Waals surface area (Å²) >= 11 is 1.82. The third kappa shape index (κ3) is 4.34. The number of nitrogens with zero attached hydrogens (tertiary/aromatic N) is 1. The van der Waals surface area contributed by atoms with Gasteiger partial charge < -0.3 is 0 Å². The lowest BCUT2D eigenvalue weighted by atomic mass is 10.1. The highest BCUT2D eigenvalue weighted by Gasteiger charge is 2.38. The topological polar surface area (TPSA) is 63.4 Å². The van der Waals surface area contributed by atoms with Crippen molar-refractivity contribution >= 4 is 32.6 Å². The first kappa shape index (κ1) is 14.5. The van der Waals surface area contributed by atoms with E-state index in [-0.39, 0.29) is 19.4 Å². The molecule has 1 aliphatic heterocycles. The number of alkyl halides is 4. The molecular weight excluding hydrogens is 360 g/mol. The highest BCUT2D eigenvalue weighted by molar-refractivity contribution is 14.1. The number of rotatable bonds is 2. The van der Waals surface area contributed by atoms with Gasteiger partial charge in [-0.15, -0.1) is 0 Å². The number of hydrogen-bond acceptors (Lipinski definition) is 3. The second-order valence-electron chi connectivity index (χ2n) is 3.76. The molecule has 0 amide bonds. The van der Waals surface area contributed by atoms with Crippen LogP contribution in [0.25, 0.3) is 0 Å². The number of likely N-dealkylation sites (tertiary alicyclic amines) is 1. The highest BCUT2D eigenvalue weighted by Crippen LogP contribution is 2.28. The molecule has 0 spiro atoms. The molecule has 0 radical (unpaired) electrons. The molecule has 0 saturated carbocycles. The summed E-state index contributed by atoms with van der Waals surface area (Å²) < 4.78 is 58.1. The molecule has 0 aliphatic carbocycles. The van der Waals surface area contributed by atoms with E-state index in [0.29, 0.717) is 0 Å². The van der Waals surface area contributed by atoms with Crippen LogP contribution in [0.3, 0.4) is 0 Å². The van der Waals surface area contributed by atoms with Crippen LogP contribution >= 0.6 is 22.6 Å². The van der Waals surface area contributed by atoms with Gasteiger partial charge in [-0.25, -0.2) is 13.6 Å². The van der Waals surface area contributed by atoms with Crippen molar-refractivity contribution < 1.29 is 21.6 Å². The van der Waals surface area contributed by atoms with Crippen LogP contribution in [0.1, 0.15) is 12.8 Å². The van der Waals surface area contributed by atoms with Crippen molar-refractivity contribution in [1.82, 2.24) is 4.90 Å². The largest absolute Gasteiger partial charge is 0.401 e. The van der Waals surface area contributed by atoms with Crippen LogP contribution in [0.2, 0.25) is 0 Å². The van der Waals surface area contributed by atoms with Crippen molar-refractivity contribution in [3.05, 3.63) is 0 Å². The van der Waals surface area contributed by atoms with E-state index in [1.807, 2.05) is 22.6 Å². The molecule has 0 aromatic rings. The molecule has 1 rings (SSSR count). The van der Waals surface area contributed by atoms with E-state index in [9.17, 15) is 21.6 Å². The van der Waals surface area contributed by atoms with E-state index < -0.39 is 32.0 Å². The molecular formula is C7H12F3IN2O2S. The molecule has 1 saturated heterocycles. The first-order valence-electron chi connectivity index (χ1n) is 4.56. The molecule has 1 aliphatic rings. The molecule has 1 fully saturated rings. The van der Waals surface area contributed by atoms with Crippen LogP contribution in [-0.2, 0) is 10.0 Å². The van der Waals surface area contributed by atoms with Crippen molar-refractivity contribution in [1.29, 1.82) is 0 Å². The maximum atomic E-state index is 12.2. The van der Waals surface area contributed by atoms with Crippen molar-refractivity contribution in [2.24, 2.45) is 5.14 Å². The molecule has 4 nitrogen and oxygen atoms in total. The molecule has 9 heteroatoms. The van der Waals surface area contributed by atoms with Gasteiger partial charge in [0, 0.05) is 6.54 Å². The van der Waals surface area contributed by atoms with Gasteiger partial charge in [-0.1, -0.05) is 22.6 Å². The quantitative estimate of drug-likeness (QED) is 0.448. The standard InChI is InChI=1S/C7H12F3IN2O2S/c8-7(9,10)4-13-2-1-5(3-6(13)11)16(12,14)15/h5-6H,1-4H2,(H2,12,14,15). The molecule has 96 valence electrons. The van der Waals surface area contributed by atoms with Gasteiger partial charge >= 0.3 is 6.18 Å². The number of sulfonamides is 1. The lowest BCUT2D eigenvalue weighted by Crippen LogP contribution is -2.48. The van der Waals surface area contributed by atoms with Crippen molar-refractivity contribution in [2.75, 3.05) is 13.1 Å². The summed E-state index contributed by atoms with van der Waals surface area (Å²) in [5.41, 5.74) is 0. The molecule has 16 heavy (non-hydrogen) atoms. The van der Waals surface area contributed by atoms with E-state index in [1.165, 1.54) is 4.90 Å². The Labute approximate surface area is 106 Å². The van der Waals surface area contributed by atoms with E-state index in [0.717, 1.165) is 0 Å². The smallest absolute Gasteiger partial charge is 0.283 e. The zero-order chi connectivity index (χ0) is 12.6. The normalized spacial score (nSPS) is 29.3. The number of primary sulfonamides is 1. The maximum absolute atomic E-state index is 12.2. The van der Waals surface area contributed by atoms with Crippen molar-refractivity contribution in [2.45, 2.75) is 28.3 Å². The Hall–Kier alpha value is 0.390. The Morgan fingerprint density at radius 1 is 1.44 bits per heavy atom. The number of halogens is 4. The average molecular weight is 372 g/mol. The summed E-state index contributed by atoms with van der Waals surface area (Å²) in [6, 6.07) is 0. The Morgan fingerprint density at radius 3 is 2.38 bits per heavy atom. The fraction of sp³-hybridized carbons (Fsp3) is 1.00. The summed E-state index contributed by atoms with van der Waals surface area (Å²) in [5, 5.41) is 4.25. The minimum Gasteiger partial charge on any atom is -0.283 e. The van der Waals surface area contributed by atoms with Crippen LogP contribution in [0.5, 0.6) is 0 Å². The summed E-state index contributed by atoms with van der Waals surface area (Å²) in [6.45, 7) is -0.897. The molecule has 0 aromatic carbocycles.